The summed E-state index contributed by atoms with van der Waals surface area (Å²) < 4.78 is 12.2. The van der Waals surface area contributed by atoms with Gasteiger partial charge in [0.1, 0.15) is 12.2 Å². The molecular formula is C18H22N2O3. The summed E-state index contributed by atoms with van der Waals surface area (Å²) in [5, 5.41) is 11.8. The lowest BCUT2D eigenvalue weighted by molar-refractivity contribution is -0.153. The van der Waals surface area contributed by atoms with Crippen LogP contribution in [0, 0.1) is 0 Å². The summed E-state index contributed by atoms with van der Waals surface area (Å²) in [6.07, 6.45) is 0.109. The second-order valence-electron chi connectivity index (χ2n) is 7.38. The quantitative estimate of drug-likeness (QED) is 0.780. The van der Waals surface area contributed by atoms with Crippen LogP contribution in [-0.4, -0.2) is 52.2 Å². The summed E-state index contributed by atoms with van der Waals surface area (Å²) in [6.45, 7) is 5.44. The van der Waals surface area contributed by atoms with E-state index in [0.29, 0.717) is 6.54 Å². The van der Waals surface area contributed by atoms with E-state index >= 15 is 0 Å². The molecule has 5 heteroatoms. The molecular weight excluding hydrogens is 292 g/mol. The molecule has 2 fully saturated rings. The molecule has 5 nitrogen and oxygen atoms in total. The Hall–Kier alpha value is -1.40. The number of para-hydroxylation sites is 1. The molecule has 0 aliphatic carbocycles. The van der Waals surface area contributed by atoms with Crippen LogP contribution in [0.5, 0.6) is 0 Å². The summed E-state index contributed by atoms with van der Waals surface area (Å²) in [5.74, 6) is -0.643. The highest BCUT2D eigenvalue weighted by atomic mass is 16.8. The number of nitrogens with zero attached hydrogens (tertiary/aromatic N) is 1. The van der Waals surface area contributed by atoms with E-state index in [1.807, 2.05) is 13.8 Å². The van der Waals surface area contributed by atoms with E-state index in [9.17, 15) is 5.11 Å². The lowest BCUT2D eigenvalue weighted by atomic mass is 9.86. The number of ether oxygens (including phenoxy) is 2. The van der Waals surface area contributed by atoms with E-state index in [4.69, 9.17) is 9.47 Å². The molecule has 3 aliphatic rings. The Bertz CT molecular complexity index is 769. The molecule has 0 unspecified atom stereocenters. The predicted octanol–water partition coefficient (Wildman–Crippen LogP) is 1.96. The van der Waals surface area contributed by atoms with E-state index in [0.717, 1.165) is 13.0 Å². The highest BCUT2D eigenvalue weighted by Gasteiger charge is 2.55. The minimum absolute atomic E-state index is 0.126. The van der Waals surface area contributed by atoms with Gasteiger partial charge in [-0.3, -0.25) is 4.90 Å². The number of aliphatic hydroxyl groups is 1. The second kappa shape index (κ2) is 4.57. The summed E-state index contributed by atoms with van der Waals surface area (Å²) in [6, 6.07) is 8.60. The maximum atomic E-state index is 10.5. The van der Waals surface area contributed by atoms with Crippen molar-refractivity contribution in [1.82, 2.24) is 9.88 Å². The van der Waals surface area contributed by atoms with Crippen LogP contribution in [0.2, 0.25) is 0 Å². The third kappa shape index (κ3) is 1.94. The predicted molar refractivity (Wildman–Crippen MR) is 86.1 cm³/mol. The Balaban J connectivity index is 1.64. The minimum atomic E-state index is -0.643. The largest absolute Gasteiger partial charge is 0.389 e. The number of nitrogens with one attached hydrogen (secondary N) is 1. The number of aromatic amines is 1. The zero-order valence-electron chi connectivity index (χ0n) is 13.5. The molecule has 3 aliphatic heterocycles. The number of fused-ring (bicyclic) bond motifs is 7. The van der Waals surface area contributed by atoms with Gasteiger partial charge in [-0.05, 0) is 31.9 Å². The van der Waals surface area contributed by atoms with Gasteiger partial charge in [-0.2, -0.15) is 0 Å². The highest BCUT2D eigenvalue weighted by Crippen LogP contribution is 2.46. The smallest absolute Gasteiger partial charge is 0.163 e. The van der Waals surface area contributed by atoms with Crippen LogP contribution in [0.3, 0.4) is 0 Å². The number of aromatic nitrogens is 1. The fourth-order valence-corrected chi connectivity index (χ4v) is 4.60. The monoisotopic (exact) mass is 314 g/mol. The summed E-state index contributed by atoms with van der Waals surface area (Å²) >= 11 is 0. The average molecular weight is 314 g/mol. The van der Waals surface area contributed by atoms with Crippen LogP contribution in [-0.2, 0) is 15.9 Å². The third-order valence-electron chi connectivity index (χ3n) is 5.46. The molecule has 2 saturated heterocycles. The first kappa shape index (κ1) is 14.0. The van der Waals surface area contributed by atoms with Crippen molar-refractivity contribution in [3.63, 3.8) is 0 Å². The van der Waals surface area contributed by atoms with Crippen molar-refractivity contribution in [2.75, 3.05) is 13.1 Å². The van der Waals surface area contributed by atoms with Crippen molar-refractivity contribution in [3.8, 4) is 0 Å². The van der Waals surface area contributed by atoms with Crippen LogP contribution < -0.4 is 0 Å². The summed E-state index contributed by atoms with van der Waals surface area (Å²) in [7, 11) is 0. The van der Waals surface area contributed by atoms with Gasteiger partial charge < -0.3 is 19.6 Å². The molecule has 1 aromatic heterocycles. The molecule has 2 N–H and O–H groups in total. The maximum Gasteiger partial charge on any atom is 0.163 e. The van der Waals surface area contributed by atoms with Gasteiger partial charge in [-0.1, -0.05) is 18.2 Å². The van der Waals surface area contributed by atoms with E-state index in [2.05, 4.69) is 34.1 Å². The lowest BCUT2D eigenvalue weighted by Crippen LogP contribution is -2.57. The molecule has 23 heavy (non-hydrogen) atoms. The number of rotatable bonds is 0. The molecule has 5 rings (SSSR count). The molecule has 0 spiro atoms. The van der Waals surface area contributed by atoms with Crippen LogP contribution in [0.4, 0.5) is 0 Å². The van der Waals surface area contributed by atoms with Gasteiger partial charge in [0.05, 0.1) is 12.1 Å². The van der Waals surface area contributed by atoms with Crippen LogP contribution in [0.25, 0.3) is 10.9 Å². The molecule has 122 valence electrons. The molecule has 1 aromatic carbocycles. The van der Waals surface area contributed by atoms with Gasteiger partial charge in [0, 0.05) is 29.7 Å². The third-order valence-corrected chi connectivity index (χ3v) is 5.46. The molecule has 4 atom stereocenters. The van der Waals surface area contributed by atoms with Crippen molar-refractivity contribution < 1.29 is 14.6 Å². The van der Waals surface area contributed by atoms with E-state index in [1.165, 1.54) is 22.2 Å². The van der Waals surface area contributed by atoms with E-state index in [1.54, 1.807) is 0 Å². The standard InChI is InChI=1S/C18H22N2O3/c1-18(2)22-16-13(21)9-20-8-7-11-10-5-3-4-6-12(10)19-14(11)15(20)17(16)23-18/h3-6,13,15-17,19,21H,7-9H2,1-2H3/t13-,15+,16-,17+/m1/s1. The van der Waals surface area contributed by atoms with Crippen LogP contribution in [0.15, 0.2) is 24.3 Å². The Kier molecular flexibility index (Phi) is 2.78. The Labute approximate surface area is 135 Å². The first-order valence-corrected chi connectivity index (χ1v) is 8.41. The zero-order valence-corrected chi connectivity index (χ0v) is 13.5. The zero-order chi connectivity index (χ0) is 15.8. The normalized spacial score (nSPS) is 35.8. The molecule has 0 radical (unpaired) electrons. The molecule has 4 heterocycles. The first-order valence-electron chi connectivity index (χ1n) is 8.41. The van der Waals surface area contributed by atoms with Crippen LogP contribution >= 0.6 is 0 Å². The number of aliphatic hydroxyl groups excluding tert-OH is 1. The van der Waals surface area contributed by atoms with Crippen molar-refractivity contribution in [2.45, 2.75) is 50.4 Å². The van der Waals surface area contributed by atoms with Gasteiger partial charge in [-0.25, -0.2) is 0 Å². The van der Waals surface area contributed by atoms with Gasteiger partial charge in [0.15, 0.2) is 5.79 Å². The second-order valence-corrected chi connectivity index (χ2v) is 7.38. The lowest BCUT2D eigenvalue weighted by Gasteiger charge is -2.45. The molecule has 0 bridgehead atoms. The number of hydrogen-bond donors (Lipinski definition) is 2. The molecule has 0 saturated carbocycles. The van der Waals surface area contributed by atoms with Crippen LogP contribution in [0.1, 0.15) is 31.1 Å². The summed E-state index contributed by atoms with van der Waals surface area (Å²) in [5.41, 5.74) is 3.81. The number of H-pyrrole nitrogens is 1. The Morgan fingerprint density at radius 2 is 2.00 bits per heavy atom. The minimum Gasteiger partial charge on any atom is -0.389 e. The van der Waals surface area contributed by atoms with Gasteiger partial charge >= 0.3 is 0 Å². The number of piperidine rings is 1. The fraction of sp³-hybridized carbons (Fsp3) is 0.556. The highest BCUT2D eigenvalue weighted by molar-refractivity contribution is 5.85. The maximum absolute atomic E-state index is 10.5. The van der Waals surface area contributed by atoms with E-state index < -0.39 is 11.9 Å². The Morgan fingerprint density at radius 3 is 2.87 bits per heavy atom. The average Bonchev–Trinajstić information content (AvgIpc) is 3.04. The SMILES string of the molecule is CC1(C)O[C@@H]2[C@H](O1)[C@H](O)CN1CCc3c([nH]c4ccccc34)[C@@H]21. The number of benzene rings is 1. The van der Waals surface area contributed by atoms with Gasteiger partial charge in [0.25, 0.3) is 0 Å². The Morgan fingerprint density at radius 1 is 1.22 bits per heavy atom. The topological polar surface area (TPSA) is 57.7 Å². The molecule has 0 amide bonds. The van der Waals surface area contributed by atoms with Crippen molar-refractivity contribution in [3.05, 3.63) is 35.5 Å². The van der Waals surface area contributed by atoms with Gasteiger partial charge in [-0.15, -0.1) is 0 Å². The molecule has 2 aromatic rings. The van der Waals surface area contributed by atoms with Crippen molar-refractivity contribution in [2.24, 2.45) is 0 Å². The van der Waals surface area contributed by atoms with Gasteiger partial charge in [0.2, 0.25) is 0 Å². The number of hydrogen-bond acceptors (Lipinski definition) is 4. The van der Waals surface area contributed by atoms with Crippen molar-refractivity contribution in [1.29, 1.82) is 0 Å². The first-order chi connectivity index (χ1) is 11.0. The fourth-order valence-electron chi connectivity index (χ4n) is 4.60. The van der Waals surface area contributed by atoms with E-state index in [-0.39, 0.29) is 18.2 Å². The van der Waals surface area contributed by atoms with Crippen molar-refractivity contribution >= 4 is 10.9 Å². The summed E-state index contributed by atoms with van der Waals surface area (Å²) in [4.78, 5) is 5.95.